The third-order valence-corrected chi connectivity index (χ3v) is 4.08. The van der Waals surface area contributed by atoms with Crippen molar-refractivity contribution in [2.45, 2.75) is 51.1 Å². The molecular weight excluding hydrogens is 246 g/mol. The van der Waals surface area contributed by atoms with Crippen molar-refractivity contribution in [1.29, 1.82) is 0 Å². The van der Waals surface area contributed by atoms with Gasteiger partial charge in [-0.15, -0.1) is 0 Å². The number of hydrogen-bond donors (Lipinski definition) is 2. The van der Waals surface area contributed by atoms with Crippen LogP contribution < -0.4 is 15.5 Å². The number of nitrogens with zero attached hydrogens (tertiary/aromatic N) is 1. The summed E-state index contributed by atoms with van der Waals surface area (Å²) in [6.45, 7) is 3.47. The predicted molar refractivity (Wildman–Crippen MR) is 88.7 cm³/mol. The van der Waals surface area contributed by atoms with E-state index < -0.39 is 0 Å². The van der Waals surface area contributed by atoms with Gasteiger partial charge in [0.05, 0.1) is 0 Å². The van der Waals surface area contributed by atoms with Gasteiger partial charge < -0.3 is 15.5 Å². The zero-order valence-electron chi connectivity index (χ0n) is 13.2. The molecule has 0 aromatic heterocycles. The Morgan fingerprint density at radius 2 is 2.15 bits per heavy atom. The highest BCUT2D eigenvalue weighted by molar-refractivity contribution is 5.57. The summed E-state index contributed by atoms with van der Waals surface area (Å²) in [6.07, 6.45) is 6.62. The van der Waals surface area contributed by atoms with E-state index in [4.69, 9.17) is 0 Å². The molecule has 2 N–H and O–H groups in total. The van der Waals surface area contributed by atoms with Crippen LogP contribution in [0.4, 0.5) is 11.4 Å². The maximum absolute atomic E-state index is 3.68. The Morgan fingerprint density at radius 1 is 1.30 bits per heavy atom. The monoisotopic (exact) mass is 275 g/mol. The lowest BCUT2D eigenvalue weighted by Crippen LogP contribution is -2.33. The number of anilines is 2. The maximum atomic E-state index is 3.68. The summed E-state index contributed by atoms with van der Waals surface area (Å²) in [4.78, 5) is 2.14. The first-order chi connectivity index (χ1) is 9.65. The predicted octanol–water partition coefficient (Wildman–Crippen LogP) is 3.48. The zero-order chi connectivity index (χ0) is 14.4. The molecule has 20 heavy (non-hydrogen) atoms. The van der Waals surface area contributed by atoms with Crippen LogP contribution in [-0.2, 0) is 0 Å². The molecule has 1 aliphatic rings. The van der Waals surface area contributed by atoms with Gasteiger partial charge in [0.15, 0.2) is 0 Å². The van der Waals surface area contributed by atoms with Crippen molar-refractivity contribution in [3.8, 4) is 0 Å². The Kier molecular flexibility index (Phi) is 5.72. The molecule has 0 amide bonds. The van der Waals surface area contributed by atoms with E-state index in [1.165, 1.54) is 50.0 Å². The van der Waals surface area contributed by atoms with Crippen LogP contribution >= 0.6 is 0 Å². The summed E-state index contributed by atoms with van der Waals surface area (Å²) in [6, 6.07) is 9.82. The lowest BCUT2D eigenvalue weighted by atomic mass is 10.0. The average molecular weight is 275 g/mol. The molecule has 2 rings (SSSR count). The first-order valence-corrected chi connectivity index (χ1v) is 7.92. The minimum Gasteiger partial charge on any atom is -0.382 e. The Labute approximate surface area is 123 Å². The fourth-order valence-electron chi connectivity index (χ4n) is 2.95. The molecule has 1 aromatic rings. The smallest absolute Gasteiger partial charge is 0.0381 e. The highest BCUT2D eigenvalue weighted by atomic mass is 15.1. The second-order valence-electron chi connectivity index (χ2n) is 6.23. The van der Waals surface area contributed by atoms with Gasteiger partial charge in [0.25, 0.3) is 0 Å². The second kappa shape index (κ2) is 7.53. The van der Waals surface area contributed by atoms with Crippen molar-refractivity contribution in [2.75, 3.05) is 30.9 Å². The standard InChI is InChI=1S/C17H29N3/c1-14(12-15-8-5-4-6-11-18-15)19-16-9-7-10-17(13-16)20(2)3/h7,9-10,13-15,18-19H,4-6,8,11-12H2,1-3H3. The highest BCUT2D eigenvalue weighted by Crippen LogP contribution is 2.20. The highest BCUT2D eigenvalue weighted by Gasteiger charge is 2.14. The maximum Gasteiger partial charge on any atom is 0.0381 e. The number of nitrogens with one attached hydrogen (secondary N) is 2. The first kappa shape index (κ1) is 15.2. The van der Waals surface area contributed by atoms with E-state index in [0.717, 1.165) is 0 Å². The van der Waals surface area contributed by atoms with Crippen molar-refractivity contribution in [2.24, 2.45) is 0 Å². The molecule has 1 saturated heterocycles. The summed E-state index contributed by atoms with van der Waals surface area (Å²) in [5.41, 5.74) is 2.46. The number of rotatable bonds is 5. The molecule has 1 fully saturated rings. The molecule has 2 atom stereocenters. The third kappa shape index (κ3) is 4.71. The van der Waals surface area contributed by atoms with Crippen LogP contribution in [0.1, 0.15) is 39.0 Å². The molecule has 0 radical (unpaired) electrons. The van der Waals surface area contributed by atoms with Gasteiger partial charge in [-0.3, -0.25) is 0 Å². The van der Waals surface area contributed by atoms with E-state index in [2.05, 4.69) is 60.8 Å². The normalized spacial score (nSPS) is 21.1. The van der Waals surface area contributed by atoms with Gasteiger partial charge in [-0.05, 0) is 50.9 Å². The van der Waals surface area contributed by atoms with Crippen molar-refractivity contribution in [1.82, 2.24) is 5.32 Å². The molecule has 2 unspecified atom stereocenters. The topological polar surface area (TPSA) is 27.3 Å². The Morgan fingerprint density at radius 3 is 2.95 bits per heavy atom. The molecule has 1 heterocycles. The lowest BCUT2D eigenvalue weighted by Gasteiger charge is -2.23. The quantitative estimate of drug-likeness (QED) is 0.861. The van der Waals surface area contributed by atoms with Crippen molar-refractivity contribution >= 4 is 11.4 Å². The molecule has 3 heteroatoms. The van der Waals surface area contributed by atoms with Crippen LogP contribution in [0.2, 0.25) is 0 Å². The number of hydrogen-bond acceptors (Lipinski definition) is 3. The van der Waals surface area contributed by atoms with Crippen molar-refractivity contribution in [3.63, 3.8) is 0 Å². The molecule has 112 valence electrons. The summed E-state index contributed by atoms with van der Waals surface area (Å²) in [7, 11) is 4.16. The zero-order valence-corrected chi connectivity index (χ0v) is 13.2. The molecule has 3 nitrogen and oxygen atoms in total. The Balaban J connectivity index is 1.87. The van der Waals surface area contributed by atoms with Gasteiger partial charge in [-0.2, -0.15) is 0 Å². The summed E-state index contributed by atoms with van der Waals surface area (Å²) < 4.78 is 0. The van der Waals surface area contributed by atoms with Crippen LogP contribution in [0, 0.1) is 0 Å². The van der Waals surface area contributed by atoms with E-state index >= 15 is 0 Å². The van der Waals surface area contributed by atoms with Gasteiger partial charge in [0.2, 0.25) is 0 Å². The molecule has 0 aliphatic carbocycles. The van der Waals surface area contributed by atoms with Crippen LogP contribution in [-0.4, -0.2) is 32.7 Å². The van der Waals surface area contributed by atoms with Crippen molar-refractivity contribution in [3.05, 3.63) is 24.3 Å². The van der Waals surface area contributed by atoms with Gasteiger partial charge in [0, 0.05) is 37.6 Å². The molecule has 1 aliphatic heterocycles. The summed E-state index contributed by atoms with van der Waals surface area (Å²) in [5, 5.41) is 7.32. The molecule has 1 aromatic carbocycles. The fourth-order valence-corrected chi connectivity index (χ4v) is 2.95. The minimum absolute atomic E-state index is 0.503. The van der Waals surface area contributed by atoms with E-state index in [-0.39, 0.29) is 0 Å². The van der Waals surface area contributed by atoms with Gasteiger partial charge in [-0.25, -0.2) is 0 Å². The average Bonchev–Trinajstić information content (AvgIpc) is 2.67. The molecule has 0 spiro atoms. The van der Waals surface area contributed by atoms with E-state index in [0.29, 0.717) is 12.1 Å². The largest absolute Gasteiger partial charge is 0.382 e. The third-order valence-electron chi connectivity index (χ3n) is 4.08. The van der Waals surface area contributed by atoms with Gasteiger partial charge >= 0.3 is 0 Å². The van der Waals surface area contributed by atoms with Crippen molar-refractivity contribution < 1.29 is 0 Å². The Hall–Kier alpha value is -1.22. The summed E-state index contributed by atoms with van der Waals surface area (Å²) >= 11 is 0. The first-order valence-electron chi connectivity index (χ1n) is 7.92. The molecule has 0 bridgehead atoms. The number of benzene rings is 1. The van der Waals surface area contributed by atoms with Crippen LogP contribution in [0.25, 0.3) is 0 Å². The van der Waals surface area contributed by atoms with Crippen LogP contribution in [0.5, 0.6) is 0 Å². The van der Waals surface area contributed by atoms with Gasteiger partial charge in [0.1, 0.15) is 0 Å². The van der Waals surface area contributed by atoms with E-state index in [9.17, 15) is 0 Å². The Bertz CT molecular complexity index is 395. The van der Waals surface area contributed by atoms with Crippen LogP contribution in [0.15, 0.2) is 24.3 Å². The van der Waals surface area contributed by atoms with E-state index in [1.54, 1.807) is 0 Å². The second-order valence-corrected chi connectivity index (χ2v) is 6.23. The molecular formula is C17H29N3. The van der Waals surface area contributed by atoms with E-state index in [1.807, 2.05) is 0 Å². The minimum atomic E-state index is 0.503. The summed E-state index contributed by atoms with van der Waals surface area (Å²) in [5.74, 6) is 0. The SMILES string of the molecule is CC(CC1CCCCCN1)Nc1cccc(N(C)C)c1. The molecule has 0 saturated carbocycles. The fraction of sp³-hybridized carbons (Fsp3) is 0.647. The van der Waals surface area contributed by atoms with Crippen LogP contribution in [0.3, 0.4) is 0 Å². The van der Waals surface area contributed by atoms with Gasteiger partial charge in [-0.1, -0.05) is 18.9 Å². The lowest BCUT2D eigenvalue weighted by molar-refractivity contribution is 0.456.